The molecule has 0 fully saturated rings. The Morgan fingerprint density at radius 3 is 2.18 bits per heavy atom. The molecule has 1 unspecified atom stereocenters. The summed E-state index contributed by atoms with van der Waals surface area (Å²) in [5.41, 5.74) is 0. The van der Waals surface area contributed by atoms with Crippen molar-refractivity contribution in [1.82, 2.24) is 0 Å². The summed E-state index contributed by atoms with van der Waals surface area (Å²) in [6, 6.07) is 0. The van der Waals surface area contributed by atoms with Gasteiger partial charge in [-0.2, -0.15) is 0 Å². The molecule has 0 aromatic carbocycles. The first kappa shape index (κ1) is 11.6. The highest BCUT2D eigenvalue weighted by Gasteiger charge is 1.99. The second-order valence-corrected chi connectivity index (χ2v) is 3.88. The quantitative estimate of drug-likeness (QED) is 0.426. The standard InChI is InChI=1S/C9H18Cl2/c1-9(6-8-11)5-3-2-4-7-10/h9H,2-8H2,1H3. The Balaban J connectivity index is 2.97. The molecule has 0 saturated heterocycles. The first-order chi connectivity index (χ1) is 5.31. The third kappa shape index (κ3) is 8.49. The molecule has 0 aliphatic heterocycles. The van der Waals surface area contributed by atoms with Crippen LogP contribution in [0.25, 0.3) is 0 Å². The number of alkyl halides is 2. The van der Waals surface area contributed by atoms with E-state index in [4.69, 9.17) is 23.2 Å². The highest BCUT2D eigenvalue weighted by atomic mass is 35.5. The molecule has 0 aliphatic carbocycles. The summed E-state index contributed by atoms with van der Waals surface area (Å²) in [5, 5.41) is 0. The average Bonchev–Trinajstić information content (AvgIpc) is 1.99. The summed E-state index contributed by atoms with van der Waals surface area (Å²) in [5.74, 6) is 2.41. The minimum Gasteiger partial charge on any atom is -0.127 e. The lowest BCUT2D eigenvalue weighted by Crippen LogP contribution is -1.95. The second-order valence-electron chi connectivity index (χ2n) is 3.12. The van der Waals surface area contributed by atoms with Crippen LogP contribution in [-0.4, -0.2) is 11.8 Å². The lowest BCUT2D eigenvalue weighted by Gasteiger charge is -2.07. The van der Waals surface area contributed by atoms with Gasteiger partial charge in [-0.05, 0) is 18.8 Å². The van der Waals surface area contributed by atoms with Crippen LogP contribution in [0.3, 0.4) is 0 Å². The van der Waals surface area contributed by atoms with Gasteiger partial charge in [0, 0.05) is 11.8 Å². The van der Waals surface area contributed by atoms with Crippen LogP contribution < -0.4 is 0 Å². The molecule has 11 heavy (non-hydrogen) atoms. The monoisotopic (exact) mass is 196 g/mol. The third-order valence-electron chi connectivity index (χ3n) is 1.93. The largest absolute Gasteiger partial charge is 0.127 e. The van der Waals surface area contributed by atoms with Crippen LogP contribution in [0.4, 0.5) is 0 Å². The lowest BCUT2D eigenvalue weighted by atomic mass is 10.0. The normalized spacial score (nSPS) is 13.4. The highest BCUT2D eigenvalue weighted by molar-refractivity contribution is 6.18. The average molecular weight is 197 g/mol. The van der Waals surface area contributed by atoms with Crippen molar-refractivity contribution in [3.05, 3.63) is 0 Å². The molecule has 2 heteroatoms. The third-order valence-corrected chi connectivity index (χ3v) is 2.42. The Labute approximate surface area is 80.3 Å². The molecule has 0 bridgehead atoms. The molecule has 0 amide bonds. The van der Waals surface area contributed by atoms with Gasteiger partial charge in [0.1, 0.15) is 0 Å². The molecule has 0 N–H and O–H groups in total. The molecular formula is C9H18Cl2. The van der Waals surface area contributed by atoms with Crippen LogP contribution in [0.1, 0.15) is 39.0 Å². The van der Waals surface area contributed by atoms with Crippen molar-refractivity contribution in [2.24, 2.45) is 5.92 Å². The smallest absolute Gasteiger partial charge is 0.0225 e. The number of rotatable bonds is 7. The Morgan fingerprint density at radius 2 is 1.64 bits per heavy atom. The van der Waals surface area contributed by atoms with E-state index in [1.54, 1.807) is 0 Å². The molecule has 1 atom stereocenters. The fourth-order valence-corrected chi connectivity index (χ4v) is 1.66. The van der Waals surface area contributed by atoms with E-state index in [1.807, 2.05) is 0 Å². The zero-order valence-corrected chi connectivity index (χ0v) is 8.79. The molecule has 0 saturated carbocycles. The van der Waals surface area contributed by atoms with Gasteiger partial charge in [-0.1, -0.05) is 26.2 Å². The summed E-state index contributed by atoms with van der Waals surface area (Å²) in [4.78, 5) is 0. The van der Waals surface area contributed by atoms with Gasteiger partial charge in [0.15, 0.2) is 0 Å². The van der Waals surface area contributed by atoms with Gasteiger partial charge in [0.25, 0.3) is 0 Å². The van der Waals surface area contributed by atoms with Crippen LogP contribution in [0.5, 0.6) is 0 Å². The SMILES string of the molecule is CC(CCCl)CCCCCCl. The zero-order valence-electron chi connectivity index (χ0n) is 7.28. The van der Waals surface area contributed by atoms with E-state index in [1.165, 1.54) is 19.3 Å². The van der Waals surface area contributed by atoms with E-state index < -0.39 is 0 Å². The van der Waals surface area contributed by atoms with Gasteiger partial charge in [-0.25, -0.2) is 0 Å². The summed E-state index contributed by atoms with van der Waals surface area (Å²) in [7, 11) is 0. The van der Waals surface area contributed by atoms with E-state index in [0.717, 1.165) is 30.5 Å². The van der Waals surface area contributed by atoms with Gasteiger partial charge in [0.2, 0.25) is 0 Å². The van der Waals surface area contributed by atoms with Gasteiger partial charge in [0.05, 0.1) is 0 Å². The predicted molar refractivity (Wildman–Crippen MR) is 53.7 cm³/mol. The molecule has 0 aromatic rings. The molecule has 0 heterocycles. The summed E-state index contributed by atoms with van der Waals surface area (Å²) >= 11 is 11.2. The van der Waals surface area contributed by atoms with Crippen LogP contribution in [0, 0.1) is 5.92 Å². The maximum absolute atomic E-state index is 5.62. The summed E-state index contributed by atoms with van der Waals surface area (Å²) in [6.07, 6.45) is 6.21. The van der Waals surface area contributed by atoms with Crippen molar-refractivity contribution in [2.75, 3.05) is 11.8 Å². The minimum atomic E-state index is 0.794. The number of unbranched alkanes of at least 4 members (excludes halogenated alkanes) is 2. The second kappa shape index (κ2) is 8.67. The minimum absolute atomic E-state index is 0.794. The van der Waals surface area contributed by atoms with E-state index >= 15 is 0 Å². The number of halogens is 2. The van der Waals surface area contributed by atoms with Crippen LogP contribution in [0.2, 0.25) is 0 Å². The van der Waals surface area contributed by atoms with Gasteiger partial charge in [-0.3, -0.25) is 0 Å². The molecule has 0 rings (SSSR count). The Hall–Kier alpha value is 0.580. The van der Waals surface area contributed by atoms with Crippen molar-refractivity contribution in [3.63, 3.8) is 0 Å². The fourth-order valence-electron chi connectivity index (χ4n) is 1.09. The molecule has 0 nitrogen and oxygen atoms in total. The fraction of sp³-hybridized carbons (Fsp3) is 1.00. The predicted octanol–water partition coefficient (Wildman–Crippen LogP) is 4.05. The first-order valence-corrected chi connectivity index (χ1v) is 5.50. The van der Waals surface area contributed by atoms with Gasteiger partial charge < -0.3 is 0 Å². The zero-order chi connectivity index (χ0) is 8.53. The molecule has 68 valence electrons. The van der Waals surface area contributed by atoms with Crippen LogP contribution in [0.15, 0.2) is 0 Å². The van der Waals surface area contributed by atoms with Crippen LogP contribution >= 0.6 is 23.2 Å². The maximum atomic E-state index is 5.62. The topological polar surface area (TPSA) is 0 Å². The van der Waals surface area contributed by atoms with E-state index in [0.29, 0.717) is 0 Å². The van der Waals surface area contributed by atoms with Crippen molar-refractivity contribution in [1.29, 1.82) is 0 Å². The van der Waals surface area contributed by atoms with Crippen molar-refractivity contribution in [3.8, 4) is 0 Å². The van der Waals surface area contributed by atoms with Crippen molar-refractivity contribution < 1.29 is 0 Å². The Kier molecular flexibility index (Phi) is 9.13. The molecular weight excluding hydrogens is 179 g/mol. The first-order valence-electron chi connectivity index (χ1n) is 4.43. The summed E-state index contributed by atoms with van der Waals surface area (Å²) in [6.45, 7) is 2.27. The van der Waals surface area contributed by atoms with E-state index in [-0.39, 0.29) is 0 Å². The lowest BCUT2D eigenvalue weighted by molar-refractivity contribution is 0.485. The van der Waals surface area contributed by atoms with Crippen molar-refractivity contribution >= 4 is 23.2 Å². The Morgan fingerprint density at radius 1 is 0.909 bits per heavy atom. The molecule has 0 aromatic heterocycles. The maximum Gasteiger partial charge on any atom is 0.0225 e. The van der Waals surface area contributed by atoms with E-state index in [9.17, 15) is 0 Å². The molecule has 0 aliphatic rings. The molecule has 0 radical (unpaired) electrons. The Bertz CT molecular complexity index is 74.0. The van der Waals surface area contributed by atoms with Crippen LogP contribution in [-0.2, 0) is 0 Å². The highest BCUT2D eigenvalue weighted by Crippen LogP contribution is 2.13. The van der Waals surface area contributed by atoms with Crippen molar-refractivity contribution in [2.45, 2.75) is 39.0 Å². The van der Waals surface area contributed by atoms with E-state index in [2.05, 4.69) is 6.92 Å². The number of hydrogen-bond acceptors (Lipinski definition) is 0. The number of hydrogen-bond donors (Lipinski definition) is 0. The van der Waals surface area contributed by atoms with Gasteiger partial charge in [-0.15, -0.1) is 23.2 Å². The molecule has 0 spiro atoms. The van der Waals surface area contributed by atoms with Gasteiger partial charge >= 0.3 is 0 Å². The summed E-state index contributed by atoms with van der Waals surface area (Å²) < 4.78 is 0.